The number of nitrogens with zero attached hydrogens (tertiary/aromatic N) is 1. The predicted octanol–water partition coefficient (Wildman–Crippen LogP) is 0.303. The van der Waals surface area contributed by atoms with Gasteiger partial charge in [-0.15, -0.1) is 0 Å². The molecule has 0 aliphatic heterocycles. The van der Waals surface area contributed by atoms with E-state index in [1.165, 1.54) is 19.2 Å². The summed E-state index contributed by atoms with van der Waals surface area (Å²) in [5.41, 5.74) is -0.280. The van der Waals surface area contributed by atoms with Crippen LogP contribution in [-0.4, -0.2) is 20.4 Å². The third-order valence-electron chi connectivity index (χ3n) is 1.53. The van der Waals surface area contributed by atoms with Gasteiger partial charge in [-0.25, -0.2) is 13.1 Å². The summed E-state index contributed by atoms with van der Waals surface area (Å²) in [5, 5.41) is 10.3. The van der Waals surface area contributed by atoms with Crippen LogP contribution < -0.4 is 4.72 Å². The first-order chi connectivity index (χ1) is 6.47. The molecule has 1 radical (unpaired) electrons. The molecule has 0 heterocycles. The highest BCUT2D eigenvalue weighted by Crippen LogP contribution is 2.15. The second kappa shape index (κ2) is 3.72. The number of non-ortho nitro benzene ring substituents is 1. The summed E-state index contributed by atoms with van der Waals surface area (Å²) >= 11 is 0. The van der Waals surface area contributed by atoms with E-state index in [4.69, 9.17) is 0 Å². The van der Waals surface area contributed by atoms with Crippen molar-refractivity contribution in [1.29, 1.82) is 0 Å². The summed E-state index contributed by atoms with van der Waals surface area (Å²) in [7, 11) is -2.44. The van der Waals surface area contributed by atoms with E-state index in [1.807, 2.05) is 4.72 Å². The van der Waals surface area contributed by atoms with Gasteiger partial charge in [0.1, 0.15) is 0 Å². The molecule has 0 saturated carbocycles. The van der Waals surface area contributed by atoms with Crippen molar-refractivity contribution < 1.29 is 13.3 Å². The average molecular weight is 215 g/mol. The molecule has 0 unspecified atom stereocenters. The topological polar surface area (TPSA) is 89.3 Å². The van der Waals surface area contributed by atoms with E-state index >= 15 is 0 Å². The fraction of sp³-hybridized carbons (Fsp3) is 0.143. The van der Waals surface area contributed by atoms with E-state index in [-0.39, 0.29) is 10.6 Å². The Bertz CT molecular complexity index is 455. The van der Waals surface area contributed by atoms with Gasteiger partial charge in [0.15, 0.2) is 0 Å². The Kier molecular flexibility index (Phi) is 2.82. The largest absolute Gasteiger partial charge is 0.270 e. The number of nitro benzene ring substituents is 1. The minimum Gasteiger partial charge on any atom is -0.258 e. The molecule has 0 bridgehead atoms. The normalized spacial score (nSPS) is 11.2. The highest BCUT2D eigenvalue weighted by Gasteiger charge is 2.15. The Morgan fingerprint density at radius 2 is 2.21 bits per heavy atom. The molecule has 14 heavy (non-hydrogen) atoms. The van der Waals surface area contributed by atoms with Gasteiger partial charge in [-0.2, -0.15) is 0 Å². The number of hydrogen-bond acceptors (Lipinski definition) is 4. The standard InChI is InChI=1S/C7H7N2O4S/c1-8-14(12,13)7-4-2-3-6(5-7)9(10)11/h2-3,5,8H,1H3. The lowest BCUT2D eigenvalue weighted by molar-refractivity contribution is -0.385. The van der Waals surface area contributed by atoms with E-state index in [0.29, 0.717) is 0 Å². The van der Waals surface area contributed by atoms with Gasteiger partial charge in [-0.05, 0) is 13.1 Å². The third-order valence-corrected chi connectivity index (χ3v) is 2.88. The molecule has 0 aromatic heterocycles. The van der Waals surface area contributed by atoms with E-state index in [2.05, 4.69) is 6.07 Å². The van der Waals surface area contributed by atoms with Crippen molar-refractivity contribution in [3.63, 3.8) is 0 Å². The Morgan fingerprint density at radius 1 is 1.57 bits per heavy atom. The summed E-state index contributed by atoms with van der Waals surface area (Å²) < 4.78 is 24.5. The molecule has 0 aliphatic carbocycles. The number of nitrogens with one attached hydrogen (secondary N) is 1. The molecular weight excluding hydrogens is 208 g/mol. The van der Waals surface area contributed by atoms with Gasteiger partial charge in [-0.1, -0.05) is 0 Å². The molecule has 7 heteroatoms. The fourth-order valence-corrected chi connectivity index (χ4v) is 1.53. The highest BCUT2D eigenvalue weighted by molar-refractivity contribution is 7.89. The van der Waals surface area contributed by atoms with Crippen LogP contribution in [0.25, 0.3) is 0 Å². The van der Waals surface area contributed by atoms with Gasteiger partial charge in [0, 0.05) is 18.2 Å². The minimum atomic E-state index is -3.66. The molecule has 1 N–H and O–H groups in total. The Balaban J connectivity index is 3.26. The van der Waals surface area contributed by atoms with Crippen LogP contribution in [0.2, 0.25) is 0 Å². The zero-order valence-electron chi connectivity index (χ0n) is 7.22. The van der Waals surface area contributed by atoms with Crippen molar-refractivity contribution >= 4 is 15.7 Å². The predicted molar refractivity (Wildman–Crippen MR) is 48.2 cm³/mol. The molecule has 1 aromatic carbocycles. The molecule has 75 valence electrons. The summed E-state index contributed by atoms with van der Waals surface area (Å²) in [6.45, 7) is 0. The second-order valence-corrected chi connectivity index (χ2v) is 4.23. The van der Waals surface area contributed by atoms with Crippen LogP contribution in [0.15, 0.2) is 23.1 Å². The van der Waals surface area contributed by atoms with Crippen LogP contribution in [0, 0.1) is 16.2 Å². The Morgan fingerprint density at radius 3 is 2.71 bits per heavy atom. The summed E-state index contributed by atoms with van der Waals surface area (Å²) in [4.78, 5) is 9.44. The molecule has 0 aliphatic rings. The van der Waals surface area contributed by atoms with Crippen molar-refractivity contribution in [2.75, 3.05) is 7.05 Å². The van der Waals surface area contributed by atoms with Crippen molar-refractivity contribution in [1.82, 2.24) is 4.72 Å². The van der Waals surface area contributed by atoms with E-state index in [0.717, 1.165) is 6.07 Å². The van der Waals surface area contributed by atoms with E-state index < -0.39 is 14.9 Å². The van der Waals surface area contributed by atoms with Gasteiger partial charge in [0.2, 0.25) is 10.0 Å². The number of hydrogen-bond donors (Lipinski definition) is 1. The molecule has 0 amide bonds. The average Bonchev–Trinajstić information content (AvgIpc) is 2.18. The first-order valence-corrected chi connectivity index (χ1v) is 5.05. The molecule has 0 spiro atoms. The number of sulfonamides is 1. The van der Waals surface area contributed by atoms with Gasteiger partial charge in [-0.3, -0.25) is 10.1 Å². The van der Waals surface area contributed by atoms with Crippen LogP contribution in [-0.2, 0) is 10.0 Å². The number of nitro groups is 1. The lowest BCUT2D eigenvalue weighted by Crippen LogP contribution is -2.18. The second-order valence-electron chi connectivity index (χ2n) is 2.38. The SMILES string of the molecule is CNS(=O)(=O)c1[c]ccc([N+](=O)[O-])c1. The minimum absolute atomic E-state index is 0.241. The Labute approximate surface area is 80.8 Å². The molecular formula is C7H7N2O4S. The maximum Gasteiger partial charge on any atom is 0.270 e. The number of benzene rings is 1. The smallest absolute Gasteiger partial charge is 0.258 e. The van der Waals surface area contributed by atoms with Crippen molar-refractivity contribution in [2.24, 2.45) is 0 Å². The third kappa shape index (κ3) is 2.06. The molecule has 0 saturated heterocycles. The summed E-state index contributed by atoms with van der Waals surface area (Å²) in [6.07, 6.45) is 0. The van der Waals surface area contributed by atoms with E-state index in [1.54, 1.807) is 0 Å². The molecule has 1 rings (SSSR count). The lowest BCUT2D eigenvalue weighted by Gasteiger charge is -2.00. The number of rotatable bonds is 3. The van der Waals surface area contributed by atoms with Crippen molar-refractivity contribution in [3.05, 3.63) is 34.4 Å². The quantitative estimate of drug-likeness (QED) is 0.580. The zero-order chi connectivity index (χ0) is 10.8. The molecule has 0 atom stereocenters. The van der Waals surface area contributed by atoms with Gasteiger partial charge < -0.3 is 0 Å². The van der Waals surface area contributed by atoms with Crippen molar-refractivity contribution in [2.45, 2.75) is 4.90 Å². The maximum absolute atomic E-state index is 11.2. The maximum atomic E-state index is 11.2. The van der Waals surface area contributed by atoms with Crippen LogP contribution >= 0.6 is 0 Å². The van der Waals surface area contributed by atoms with Crippen molar-refractivity contribution in [3.8, 4) is 0 Å². The van der Waals surface area contributed by atoms with Crippen LogP contribution in [0.3, 0.4) is 0 Å². The van der Waals surface area contributed by atoms with E-state index in [9.17, 15) is 18.5 Å². The molecule has 0 fully saturated rings. The zero-order valence-corrected chi connectivity index (χ0v) is 8.04. The van der Waals surface area contributed by atoms with Crippen LogP contribution in [0.1, 0.15) is 0 Å². The Hall–Kier alpha value is -1.47. The lowest BCUT2D eigenvalue weighted by atomic mass is 10.3. The highest BCUT2D eigenvalue weighted by atomic mass is 32.2. The van der Waals surface area contributed by atoms with Gasteiger partial charge >= 0.3 is 0 Å². The summed E-state index contributed by atoms with van der Waals surface area (Å²) in [6, 6.07) is 5.72. The van der Waals surface area contributed by atoms with Crippen LogP contribution in [0.5, 0.6) is 0 Å². The van der Waals surface area contributed by atoms with Crippen LogP contribution in [0.4, 0.5) is 5.69 Å². The van der Waals surface area contributed by atoms with Gasteiger partial charge in [0.05, 0.1) is 9.82 Å². The monoisotopic (exact) mass is 215 g/mol. The summed E-state index contributed by atoms with van der Waals surface area (Å²) in [5.74, 6) is 0. The first-order valence-electron chi connectivity index (χ1n) is 3.57. The molecule has 1 aromatic rings. The molecule has 6 nitrogen and oxygen atoms in total. The fourth-order valence-electron chi connectivity index (χ4n) is 0.812. The first kappa shape index (κ1) is 10.6. The van der Waals surface area contributed by atoms with Gasteiger partial charge in [0.25, 0.3) is 5.69 Å².